The fourth-order valence-corrected chi connectivity index (χ4v) is 6.01. The van der Waals surface area contributed by atoms with Crippen LogP contribution in [-0.2, 0) is 32.6 Å². The van der Waals surface area contributed by atoms with E-state index in [0.29, 0.717) is 5.69 Å². The zero-order valence-corrected chi connectivity index (χ0v) is 24.3. The maximum Gasteiger partial charge on any atom is 0.264 e. The number of benzene rings is 4. The van der Waals surface area contributed by atoms with E-state index in [2.05, 4.69) is 5.32 Å². The Bertz CT molecular complexity index is 1560. The summed E-state index contributed by atoms with van der Waals surface area (Å²) in [5, 5.41) is 2.70. The molecule has 0 saturated carbocycles. The Labute approximate surface area is 242 Å². The molecule has 212 valence electrons. The SMILES string of the molecule is CNC(=O)[C@H](Cc1ccccc1)N(Cc1ccc(C)cc1)C(=O)CN(c1ccc(C)cc1)S(=O)(=O)c1ccccc1. The van der Waals surface area contributed by atoms with Gasteiger partial charge >= 0.3 is 0 Å². The van der Waals surface area contributed by atoms with E-state index in [4.69, 9.17) is 0 Å². The van der Waals surface area contributed by atoms with Crippen molar-refractivity contribution in [2.75, 3.05) is 17.9 Å². The number of rotatable bonds is 11. The average Bonchev–Trinajstić information content (AvgIpc) is 2.99. The second-order valence-corrected chi connectivity index (χ2v) is 11.8. The smallest absolute Gasteiger partial charge is 0.264 e. The first-order valence-electron chi connectivity index (χ1n) is 13.4. The molecule has 4 aromatic carbocycles. The van der Waals surface area contributed by atoms with Gasteiger partial charge in [0.2, 0.25) is 11.8 Å². The van der Waals surface area contributed by atoms with E-state index in [1.807, 2.05) is 68.4 Å². The van der Waals surface area contributed by atoms with Gasteiger partial charge < -0.3 is 10.2 Å². The first-order valence-corrected chi connectivity index (χ1v) is 14.9. The molecule has 0 heterocycles. The van der Waals surface area contributed by atoms with Crippen molar-refractivity contribution in [1.82, 2.24) is 10.2 Å². The largest absolute Gasteiger partial charge is 0.357 e. The number of hydrogen-bond acceptors (Lipinski definition) is 4. The van der Waals surface area contributed by atoms with Crippen molar-refractivity contribution >= 4 is 27.5 Å². The highest BCUT2D eigenvalue weighted by molar-refractivity contribution is 7.92. The van der Waals surface area contributed by atoms with Gasteiger partial charge in [0, 0.05) is 20.0 Å². The Kier molecular flexibility index (Phi) is 9.57. The van der Waals surface area contributed by atoms with Gasteiger partial charge in [0.1, 0.15) is 12.6 Å². The number of sulfonamides is 1. The topological polar surface area (TPSA) is 86.8 Å². The van der Waals surface area contributed by atoms with Crippen LogP contribution in [0.3, 0.4) is 0 Å². The van der Waals surface area contributed by atoms with E-state index in [-0.39, 0.29) is 23.8 Å². The van der Waals surface area contributed by atoms with Crippen LogP contribution in [0.1, 0.15) is 22.3 Å². The number of carbonyl (C=O) groups is 2. The number of nitrogens with one attached hydrogen (secondary N) is 1. The predicted octanol–water partition coefficient (Wildman–Crippen LogP) is 4.88. The summed E-state index contributed by atoms with van der Waals surface area (Å²) in [6.07, 6.45) is 0.272. The second-order valence-electron chi connectivity index (χ2n) is 9.99. The minimum atomic E-state index is -4.10. The second kappa shape index (κ2) is 13.3. The number of carbonyl (C=O) groups excluding carboxylic acids is 2. The lowest BCUT2D eigenvalue weighted by Crippen LogP contribution is -2.53. The van der Waals surface area contributed by atoms with E-state index < -0.39 is 28.5 Å². The van der Waals surface area contributed by atoms with Crippen molar-refractivity contribution in [3.8, 4) is 0 Å². The molecule has 0 aliphatic rings. The molecule has 2 amide bonds. The fraction of sp³-hybridized carbons (Fsp3) is 0.212. The third kappa shape index (κ3) is 7.41. The Morgan fingerprint density at radius 2 is 1.27 bits per heavy atom. The molecule has 0 aliphatic heterocycles. The molecule has 4 rings (SSSR count). The summed E-state index contributed by atoms with van der Waals surface area (Å²) < 4.78 is 28.9. The lowest BCUT2D eigenvalue weighted by molar-refractivity contribution is -0.139. The standard InChI is InChI=1S/C33H35N3O4S/c1-25-14-18-28(19-15-25)23-35(31(33(38)34-3)22-27-10-6-4-7-11-27)32(37)24-36(29-20-16-26(2)17-21-29)41(39,40)30-12-8-5-9-13-30/h4-21,31H,22-24H2,1-3H3,(H,34,38)/t31-/m0/s1. The molecule has 1 atom stereocenters. The summed E-state index contributed by atoms with van der Waals surface area (Å²) in [5.41, 5.74) is 4.11. The maximum atomic E-state index is 14.2. The van der Waals surface area contributed by atoms with Gasteiger partial charge in [-0.05, 0) is 49.2 Å². The summed E-state index contributed by atoms with van der Waals surface area (Å²) in [6.45, 7) is 3.54. The zero-order valence-electron chi connectivity index (χ0n) is 23.5. The van der Waals surface area contributed by atoms with Crippen LogP contribution in [0.15, 0.2) is 114 Å². The van der Waals surface area contributed by atoms with Gasteiger partial charge in [-0.2, -0.15) is 0 Å². The monoisotopic (exact) mass is 569 g/mol. The van der Waals surface area contributed by atoms with Gasteiger partial charge in [-0.1, -0.05) is 96.1 Å². The van der Waals surface area contributed by atoms with Crippen LogP contribution in [0.4, 0.5) is 5.69 Å². The van der Waals surface area contributed by atoms with E-state index >= 15 is 0 Å². The van der Waals surface area contributed by atoms with Crippen LogP contribution in [0.5, 0.6) is 0 Å². The molecule has 4 aromatic rings. The normalized spacial score (nSPS) is 11.9. The Morgan fingerprint density at radius 3 is 1.83 bits per heavy atom. The number of likely N-dealkylation sites (N-methyl/N-ethyl adjacent to an activating group) is 1. The number of amides is 2. The summed E-state index contributed by atoms with van der Waals surface area (Å²) in [4.78, 5) is 29.1. The van der Waals surface area contributed by atoms with E-state index in [1.165, 1.54) is 24.1 Å². The molecule has 0 saturated heterocycles. The van der Waals surface area contributed by atoms with Crippen molar-refractivity contribution < 1.29 is 18.0 Å². The molecule has 0 aliphatic carbocycles. The average molecular weight is 570 g/mol. The van der Waals surface area contributed by atoms with Crippen LogP contribution in [0.2, 0.25) is 0 Å². The number of hydrogen-bond donors (Lipinski definition) is 1. The number of nitrogens with zero attached hydrogens (tertiary/aromatic N) is 2. The molecule has 41 heavy (non-hydrogen) atoms. The predicted molar refractivity (Wildman–Crippen MR) is 162 cm³/mol. The molecular formula is C33H35N3O4S. The number of aryl methyl sites for hydroxylation is 2. The fourth-order valence-electron chi connectivity index (χ4n) is 4.57. The van der Waals surface area contributed by atoms with Gasteiger partial charge in [-0.15, -0.1) is 0 Å². The van der Waals surface area contributed by atoms with E-state index in [0.717, 1.165) is 26.6 Å². The first-order chi connectivity index (χ1) is 19.7. The Morgan fingerprint density at radius 1 is 0.732 bits per heavy atom. The third-order valence-corrected chi connectivity index (χ3v) is 8.71. The molecule has 8 heteroatoms. The van der Waals surface area contributed by atoms with Crippen LogP contribution in [-0.4, -0.2) is 44.8 Å². The van der Waals surface area contributed by atoms with E-state index in [9.17, 15) is 18.0 Å². The van der Waals surface area contributed by atoms with Crippen molar-refractivity contribution in [2.45, 2.75) is 37.8 Å². The minimum absolute atomic E-state index is 0.0746. The van der Waals surface area contributed by atoms with Crippen LogP contribution < -0.4 is 9.62 Å². The van der Waals surface area contributed by atoms with Gasteiger partial charge in [0.25, 0.3) is 10.0 Å². The van der Waals surface area contributed by atoms with Crippen molar-refractivity contribution in [1.29, 1.82) is 0 Å². The van der Waals surface area contributed by atoms with E-state index in [1.54, 1.807) is 42.5 Å². The van der Waals surface area contributed by atoms with Crippen LogP contribution >= 0.6 is 0 Å². The molecule has 0 radical (unpaired) electrons. The number of anilines is 1. The summed E-state index contributed by atoms with van der Waals surface area (Å²) in [5.74, 6) is -0.822. The summed E-state index contributed by atoms with van der Waals surface area (Å²) >= 11 is 0. The quantitative estimate of drug-likeness (QED) is 0.279. The molecule has 7 nitrogen and oxygen atoms in total. The molecule has 1 N–H and O–H groups in total. The third-order valence-electron chi connectivity index (χ3n) is 6.92. The summed E-state index contributed by atoms with van der Waals surface area (Å²) in [7, 11) is -2.56. The van der Waals surface area contributed by atoms with Crippen LogP contribution in [0, 0.1) is 13.8 Å². The Hall–Kier alpha value is -4.43. The van der Waals surface area contributed by atoms with Gasteiger partial charge in [0.05, 0.1) is 10.6 Å². The molecule has 0 spiro atoms. The highest BCUT2D eigenvalue weighted by Gasteiger charge is 2.34. The summed E-state index contributed by atoms with van der Waals surface area (Å²) in [6, 6.07) is 31.4. The van der Waals surface area contributed by atoms with Gasteiger partial charge in [-0.3, -0.25) is 13.9 Å². The molecule has 0 unspecified atom stereocenters. The van der Waals surface area contributed by atoms with Crippen molar-refractivity contribution in [3.63, 3.8) is 0 Å². The lowest BCUT2D eigenvalue weighted by atomic mass is 10.0. The molecule has 0 bridgehead atoms. The van der Waals surface area contributed by atoms with Gasteiger partial charge in [0.15, 0.2) is 0 Å². The highest BCUT2D eigenvalue weighted by Crippen LogP contribution is 2.25. The van der Waals surface area contributed by atoms with Crippen molar-refractivity contribution in [3.05, 3.63) is 131 Å². The Balaban J connectivity index is 1.77. The molecular weight excluding hydrogens is 534 g/mol. The highest BCUT2D eigenvalue weighted by atomic mass is 32.2. The lowest BCUT2D eigenvalue weighted by Gasteiger charge is -2.33. The van der Waals surface area contributed by atoms with Gasteiger partial charge in [-0.25, -0.2) is 8.42 Å². The molecule has 0 aromatic heterocycles. The molecule has 0 fully saturated rings. The minimum Gasteiger partial charge on any atom is -0.357 e. The maximum absolute atomic E-state index is 14.2. The first kappa shape index (κ1) is 29.6. The zero-order chi connectivity index (χ0) is 29.4. The van der Waals surface area contributed by atoms with Crippen molar-refractivity contribution in [2.24, 2.45) is 0 Å². The van der Waals surface area contributed by atoms with Crippen LogP contribution in [0.25, 0.3) is 0 Å².